The van der Waals surface area contributed by atoms with Crippen LogP contribution in [0.5, 0.6) is 0 Å². The Labute approximate surface area is 129 Å². The number of ether oxygens (including phenoxy) is 2. The summed E-state index contributed by atoms with van der Waals surface area (Å²) < 4.78 is 12.2. The standard InChI is InChI=1S/C18H30NO2/c1-17(21-14-13-20-2)15-19(11-7-4-8-12-19)16-18-9-5-3-6-10-18/h3,5-6,9-10,17H,4,7-8,11-16H2,1-2H3/q+1. The maximum Gasteiger partial charge on any atom is 0.105 e. The normalized spacial score (nSPS) is 19.3. The van der Waals surface area contributed by atoms with Crippen LogP contribution in [-0.2, 0) is 16.0 Å². The van der Waals surface area contributed by atoms with Crippen LogP contribution in [0, 0.1) is 0 Å². The van der Waals surface area contributed by atoms with Crippen molar-refractivity contribution in [2.75, 3.05) is 40.0 Å². The Morgan fingerprint density at radius 2 is 1.76 bits per heavy atom. The van der Waals surface area contributed by atoms with Gasteiger partial charge in [-0.3, -0.25) is 0 Å². The molecule has 1 aromatic rings. The van der Waals surface area contributed by atoms with E-state index in [9.17, 15) is 0 Å². The van der Waals surface area contributed by atoms with Crippen LogP contribution in [0.3, 0.4) is 0 Å². The fourth-order valence-electron chi connectivity index (χ4n) is 3.49. The molecule has 0 aromatic heterocycles. The number of likely N-dealkylation sites (tertiary alicyclic amines) is 1. The second-order valence-electron chi connectivity index (χ2n) is 6.35. The quantitative estimate of drug-likeness (QED) is 0.541. The molecule has 1 fully saturated rings. The average molecular weight is 292 g/mol. The van der Waals surface area contributed by atoms with E-state index in [-0.39, 0.29) is 0 Å². The highest BCUT2D eigenvalue weighted by Crippen LogP contribution is 2.24. The van der Waals surface area contributed by atoms with Gasteiger partial charge < -0.3 is 14.0 Å². The molecule has 1 unspecified atom stereocenters. The average Bonchev–Trinajstić information content (AvgIpc) is 2.49. The van der Waals surface area contributed by atoms with Crippen molar-refractivity contribution < 1.29 is 14.0 Å². The highest BCUT2D eigenvalue weighted by Gasteiger charge is 2.32. The molecule has 2 rings (SSSR count). The third-order valence-electron chi connectivity index (χ3n) is 4.46. The Balaban J connectivity index is 1.96. The lowest BCUT2D eigenvalue weighted by atomic mass is 10.0. The van der Waals surface area contributed by atoms with E-state index in [0.717, 1.165) is 13.1 Å². The molecule has 3 nitrogen and oxygen atoms in total. The number of methoxy groups -OCH3 is 1. The monoisotopic (exact) mass is 292 g/mol. The van der Waals surface area contributed by atoms with Crippen molar-refractivity contribution in [1.29, 1.82) is 0 Å². The Kier molecular flexibility index (Phi) is 6.68. The van der Waals surface area contributed by atoms with Crippen LogP contribution in [-0.4, -0.2) is 50.5 Å². The molecule has 1 aromatic carbocycles. The zero-order valence-electron chi connectivity index (χ0n) is 13.6. The van der Waals surface area contributed by atoms with Gasteiger partial charge in [0.15, 0.2) is 0 Å². The Bertz CT molecular complexity index is 387. The lowest BCUT2D eigenvalue weighted by Crippen LogP contribution is -2.54. The van der Waals surface area contributed by atoms with E-state index in [2.05, 4.69) is 37.3 Å². The second-order valence-corrected chi connectivity index (χ2v) is 6.35. The van der Waals surface area contributed by atoms with Crippen molar-refractivity contribution in [3.05, 3.63) is 35.9 Å². The summed E-state index contributed by atoms with van der Waals surface area (Å²) in [7, 11) is 1.72. The maximum atomic E-state index is 5.91. The Hall–Kier alpha value is -0.900. The first-order chi connectivity index (χ1) is 10.2. The van der Waals surface area contributed by atoms with Crippen LogP contribution in [0.25, 0.3) is 0 Å². The van der Waals surface area contributed by atoms with Crippen LogP contribution < -0.4 is 0 Å². The molecule has 1 aliphatic rings. The van der Waals surface area contributed by atoms with Crippen LogP contribution in [0.2, 0.25) is 0 Å². The molecule has 1 aliphatic heterocycles. The van der Waals surface area contributed by atoms with Gasteiger partial charge in [-0.2, -0.15) is 0 Å². The Morgan fingerprint density at radius 1 is 1.05 bits per heavy atom. The number of hydrogen-bond acceptors (Lipinski definition) is 2. The maximum absolute atomic E-state index is 5.91. The highest BCUT2D eigenvalue weighted by molar-refractivity contribution is 5.13. The van der Waals surface area contributed by atoms with Crippen LogP contribution in [0.1, 0.15) is 31.7 Å². The first-order valence-electron chi connectivity index (χ1n) is 8.24. The molecule has 0 spiro atoms. The zero-order chi connectivity index (χ0) is 15.0. The molecule has 3 heteroatoms. The first-order valence-corrected chi connectivity index (χ1v) is 8.24. The van der Waals surface area contributed by atoms with E-state index in [1.807, 2.05) is 0 Å². The van der Waals surface area contributed by atoms with Crippen molar-refractivity contribution in [2.24, 2.45) is 0 Å². The van der Waals surface area contributed by atoms with Gasteiger partial charge in [-0.05, 0) is 26.2 Å². The lowest BCUT2D eigenvalue weighted by molar-refractivity contribution is -0.947. The molecule has 0 aliphatic carbocycles. The first kappa shape index (κ1) is 16.5. The molecule has 21 heavy (non-hydrogen) atoms. The van der Waals surface area contributed by atoms with E-state index >= 15 is 0 Å². The smallest absolute Gasteiger partial charge is 0.105 e. The zero-order valence-corrected chi connectivity index (χ0v) is 13.6. The fraction of sp³-hybridized carbons (Fsp3) is 0.667. The molecule has 1 atom stereocenters. The van der Waals surface area contributed by atoms with Crippen LogP contribution >= 0.6 is 0 Å². The molecule has 0 saturated carbocycles. The van der Waals surface area contributed by atoms with Gasteiger partial charge in [-0.1, -0.05) is 30.3 Å². The minimum absolute atomic E-state index is 0.293. The lowest BCUT2D eigenvalue weighted by Gasteiger charge is -2.43. The SMILES string of the molecule is COCCOC(C)C[N+]1(Cc2ccccc2)CCCCC1. The van der Waals surface area contributed by atoms with Crippen LogP contribution in [0.15, 0.2) is 30.3 Å². The van der Waals surface area contributed by atoms with Gasteiger partial charge in [-0.25, -0.2) is 0 Å². The van der Waals surface area contributed by atoms with Gasteiger partial charge in [0.1, 0.15) is 19.2 Å². The summed E-state index contributed by atoms with van der Waals surface area (Å²) >= 11 is 0. The molecule has 0 bridgehead atoms. The van der Waals surface area contributed by atoms with Gasteiger partial charge in [0.25, 0.3) is 0 Å². The summed E-state index contributed by atoms with van der Waals surface area (Å²) in [5.41, 5.74) is 1.45. The van der Waals surface area contributed by atoms with Gasteiger partial charge in [0, 0.05) is 12.7 Å². The molecule has 0 amide bonds. The van der Waals surface area contributed by atoms with Gasteiger partial charge >= 0.3 is 0 Å². The molecule has 1 saturated heterocycles. The summed E-state index contributed by atoms with van der Waals surface area (Å²) in [4.78, 5) is 0. The summed E-state index contributed by atoms with van der Waals surface area (Å²) in [6, 6.07) is 10.9. The third kappa shape index (κ3) is 5.42. The Morgan fingerprint density at radius 3 is 2.43 bits per heavy atom. The highest BCUT2D eigenvalue weighted by atomic mass is 16.5. The number of hydrogen-bond donors (Lipinski definition) is 0. The number of nitrogens with zero attached hydrogens (tertiary/aromatic N) is 1. The minimum atomic E-state index is 0.293. The van der Waals surface area contributed by atoms with E-state index < -0.39 is 0 Å². The number of rotatable bonds is 8. The largest absolute Gasteiger partial charge is 0.382 e. The van der Waals surface area contributed by atoms with E-state index in [1.54, 1.807) is 7.11 Å². The predicted octanol–water partition coefficient (Wildman–Crippen LogP) is 3.24. The summed E-state index contributed by atoms with van der Waals surface area (Å²) in [5, 5.41) is 0. The predicted molar refractivity (Wildman–Crippen MR) is 86.1 cm³/mol. The fourth-order valence-corrected chi connectivity index (χ4v) is 3.49. The molecule has 0 N–H and O–H groups in total. The number of quaternary nitrogens is 1. The third-order valence-corrected chi connectivity index (χ3v) is 4.46. The molecule has 1 heterocycles. The summed E-state index contributed by atoms with van der Waals surface area (Å²) in [6.07, 6.45) is 4.37. The second kappa shape index (κ2) is 8.52. The van der Waals surface area contributed by atoms with Crippen molar-refractivity contribution in [3.63, 3.8) is 0 Å². The van der Waals surface area contributed by atoms with E-state index in [0.29, 0.717) is 19.3 Å². The van der Waals surface area contributed by atoms with Crippen molar-refractivity contribution in [3.8, 4) is 0 Å². The van der Waals surface area contributed by atoms with Gasteiger partial charge in [0.2, 0.25) is 0 Å². The summed E-state index contributed by atoms with van der Waals surface area (Å²) in [6.45, 7) is 8.40. The van der Waals surface area contributed by atoms with E-state index in [1.165, 1.54) is 42.4 Å². The number of benzene rings is 1. The minimum Gasteiger partial charge on any atom is -0.382 e. The van der Waals surface area contributed by atoms with Crippen molar-refractivity contribution in [2.45, 2.75) is 38.8 Å². The van der Waals surface area contributed by atoms with Crippen LogP contribution in [0.4, 0.5) is 0 Å². The molecular formula is C18H30NO2+. The van der Waals surface area contributed by atoms with Gasteiger partial charge in [-0.15, -0.1) is 0 Å². The molecule has 0 radical (unpaired) electrons. The van der Waals surface area contributed by atoms with Gasteiger partial charge in [0.05, 0.1) is 26.3 Å². The van der Waals surface area contributed by atoms with Crippen molar-refractivity contribution >= 4 is 0 Å². The van der Waals surface area contributed by atoms with Crippen molar-refractivity contribution in [1.82, 2.24) is 0 Å². The number of piperidine rings is 1. The molecular weight excluding hydrogens is 262 g/mol. The molecule has 118 valence electrons. The topological polar surface area (TPSA) is 18.5 Å². The van der Waals surface area contributed by atoms with E-state index in [4.69, 9.17) is 9.47 Å². The summed E-state index contributed by atoms with van der Waals surface area (Å²) in [5.74, 6) is 0.